The highest BCUT2D eigenvalue weighted by Gasteiger charge is 2.29. The fourth-order valence-corrected chi connectivity index (χ4v) is 2.95. The van der Waals surface area contributed by atoms with Gasteiger partial charge < -0.3 is 19.1 Å². The number of phosphoric ester groups is 1. The predicted octanol–water partition coefficient (Wildman–Crippen LogP) is 4.40. The van der Waals surface area contributed by atoms with E-state index in [4.69, 9.17) is 32.8 Å². The molecule has 0 aliphatic heterocycles. The molecule has 1 aromatic carbocycles. The van der Waals surface area contributed by atoms with Crippen LogP contribution in [0.15, 0.2) is 30.3 Å². The van der Waals surface area contributed by atoms with Crippen LogP contribution in [0.5, 0.6) is 5.75 Å². The summed E-state index contributed by atoms with van der Waals surface area (Å²) in [5.74, 6) is 0.406. The molecule has 28 heavy (non-hydrogen) atoms. The minimum atomic E-state index is -3.85. The fraction of sp³-hybridized carbons (Fsp3) is 0.684. The minimum absolute atomic E-state index is 0.0438. The molecule has 0 aliphatic carbocycles. The Labute approximate surface area is 167 Å². The van der Waals surface area contributed by atoms with Crippen LogP contribution >= 0.6 is 7.82 Å². The Hall–Kier alpha value is -0.990. The van der Waals surface area contributed by atoms with E-state index in [1.165, 1.54) is 0 Å². The molecule has 1 atom stereocenters. The number of unbranched alkanes of at least 4 members (excludes halogenated alkanes) is 2. The third-order valence-electron chi connectivity index (χ3n) is 3.39. The number of hydrogen-bond acceptors (Lipinski definition) is 8. The van der Waals surface area contributed by atoms with Gasteiger partial charge in [0.1, 0.15) is 0 Å². The maximum absolute atomic E-state index is 12.7. The molecule has 0 amide bonds. The molecule has 0 aromatic heterocycles. The summed E-state index contributed by atoms with van der Waals surface area (Å²) in [4.78, 5) is 5.08. The molecule has 0 fully saturated rings. The number of hydrogen-bond donors (Lipinski definition) is 0. The Morgan fingerprint density at radius 1 is 0.750 bits per heavy atom. The van der Waals surface area contributed by atoms with Crippen LogP contribution in [0.1, 0.15) is 33.1 Å². The lowest BCUT2D eigenvalue weighted by Gasteiger charge is -2.17. The van der Waals surface area contributed by atoms with Gasteiger partial charge in [0.25, 0.3) is 0 Å². The van der Waals surface area contributed by atoms with Crippen molar-refractivity contribution >= 4 is 7.82 Å². The van der Waals surface area contributed by atoms with E-state index >= 15 is 0 Å². The summed E-state index contributed by atoms with van der Waals surface area (Å²) in [5.41, 5.74) is 0. The summed E-state index contributed by atoms with van der Waals surface area (Å²) in [6.45, 7) is 7.16. The van der Waals surface area contributed by atoms with Gasteiger partial charge in [0, 0.05) is 6.61 Å². The topological polar surface area (TPSA) is 81.7 Å². The molecule has 1 aromatic rings. The Kier molecular flexibility index (Phi) is 15.1. The molecule has 0 heterocycles. The van der Waals surface area contributed by atoms with E-state index in [1.54, 1.807) is 24.3 Å². The van der Waals surface area contributed by atoms with Crippen LogP contribution < -0.4 is 4.89 Å². The zero-order valence-electron chi connectivity index (χ0n) is 16.9. The van der Waals surface area contributed by atoms with E-state index in [-0.39, 0.29) is 19.8 Å². The van der Waals surface area contributed by atoms with Gasteiger partial charge in [0.2, 0.25) is 0 Å². The number of benzene rings is 1. The first-order valence-corrected chi connectivity index (χ1v) is 11.2. The van der Waals surface area contributed by atoms with Crippen molar-refractivity contribution in [3.05, 3.63) is 30.3 Å². The van der Waals surface area contributed by atoms with Gasteiger partial charge in [-0.05, 0) is 25.5 Å². The van der Waals surface area contributed by atoms with E-state index in [0.717, 1.165) is 19.3 Å². The molecule has 162 valence electrons. The first-order valence-electron chi connectivity index (χ1n) is 9.74. The molecule has 0 bridgehead atoms. The highest BCUT2D eigenvalue weighted by atomic mass is 31.2. The molecular weight excluding hydrogens is 387 g/mol. The minimum Gasteiger partial charge on any atom is -0.379 e. The molecule has 0 saturated heterocycles. The second kappa shape index (κ2) is 16.9. The largest absolute Gasteiger partial charge is 0.511 e. The molecule has 9 heteroatoms. The van der Waals surface area contributed by atoms with Gasteiger partial charge in [-0.3, -0.25) is 9.05 Å². The van der Waals surface area contributed by atoms with Crippen molar-refractivity contribution < 1.29 is 37.4 Å². The van der Waals surface area contributed by atoms with E-state index in [1.807, 2.05) is 13.0 Å². The van der Waals surface area contributed by atoms with Crippen LogP contribution in [0.4, 0.5) is 0 Å². The van der Waals surface area contributed by atoms with Crippen LogP contribution in [-0.2, 0) is 32.5 Å². The summed E-state index contributed by atoms with van der Waals surface area (Å²) < 4.78 is 44.2. The lowest BCUT2D eigenvalue weighted by Crippen LogP contribution is -2.12. The first kappa shape index (κ1) is 25.0. The molecule has 0 N–H and O–H groups in total. The number of phosphoric acid groups is 1. The van der Waals surface area contributed by atoms with Crippen molar-refractivity contribution in [3.63, 3.8) is 0 Å². The van der Waals surface area contributed by atoms with Crippen molar-refractivity contribution in [2.24, 2.45) is 0 Å². The number of ether oxygens (including phenoxy) is 3. The highest BCUT2D eigenvalue weighted by Crippen LogP contribution is 2.49. The van der Waals surface area contributed by atoms with Gasteiger partial charge in [-0.1, -0.05) is 42.6 Å². The van der Waals surface area contributed by atoms with Crippen LogP contribution in [0.25, 0.3) is 0 Å². The van der Waals surface area contributed by atoms with Crippen molar-refractivity contribution in [2.75, 3.05) is 52.9 Å². The molecule has 0 radical (unpaired) electrons. The maximum atomic E-state index is 12.7. The van der Waals surface area contributed by atoms with Crippen LogP contribution in [-0.4, -0.2) is 52.9 Å². The maximum Gasteiger partial charge on any atom is 0.511 e. The van der Waals surface area contributed by atoms with Gasteiger partial charge >= 0.3 is 7.82 Å². The Bertz CT molecular complexity index is 514. The molecule has 8 nitrogen and oxygen atoms in total. The summed E-state index contributed by atoms with van der Waals surface area (Å²) in [6, 6.07) is 8.74. The monoisotopic (exact) mass is 420 g/mol. The number of para-hydroxylation sites is 1. The summed E-state index contributed by atoms with van der Waals surface area (Å²) in [5, 5.41) is 0. The Morgan fingerprint density at radius 2 is 1.36 bits per heavy atom. The molecule has 0 spiro atoms. The van der Waals surface area contributed by atoms with Crippen molar-refractivity contribution in [1.29, 1.82) is 0 Å². The molecule has 0 saturated carbocycles. The van der Waals surface area contributed by atoms with Gasteiger partial charge in [0.05, 0.1) is 46.2 Å². The summed E-state index contributed by atoms with van der Waals surface area (Å²) in [6.07, 6.45) is 2.75. The predicted molar refractivity (Wildman–Crippen MR) is 105 cm³/mol. The SMILES string of the molecule is CCCCCOP(=O)(OCCOCCOCCOCC)OOc1ccccc1. The first-order chi connectivity index (χ1) is 13.7. The van der Waals surface area contributed by atoms with E-state index in [9.17, 15) is 4.57 Å². The normalized spacial score (nSPS) is 13.4. The lowest BCUT2D eigenvalue weighted by atomic mass is 10.3. The Morgan fingerprint density at radius 3 is 2.00 bits per heavy atom. The zero-order valence-corrected chi connectivity index (χ0v) is 17.8. The fourth-order valence-electron chi connectivity index (χ4n) is 1.97. The second-order valence-corrected chi connectivity index (χ2v) is 7.27. The smallest absolute Gasteiger partial charge is 0.379 e. The molecule has 1 unspecified atom stereocenters. The van der Waals surface area contributed by atoms with Crippen molar-refractivity contribution in [2.45, 2.75) is 33.1 Å². The second-order valence-electron chi connectivity index (χ2n) is 5.71. The third kappa shape index (κ3) is 13.2. The number of rotatable bonds is 19. The van der Waals surface area contributed by atoms with Gasteiger partial charge in [-0.2, -0.15) is 0 Å². The third-order valence-corrected chi connectivity index (χ3v) is 4.65. The average molecular weight is 420 g/mol. The van der Waals surface area contributed by atoms with Crippen molar-refractivity contribution in [3.8, 4) is 5.75 Å². The summed E-state index contributed by atoms with van der Waals surface area (Å²) >= 11 is 0. The zero-order chi connectivity index (χ0) is 20.3. The highest BCUT2D eigenvalue weighted by molar-refractivity contribution is 7.48. The quantitative estimate of drug-likeness (QED) is 0.141. The van der Waals surface area contributed by atoms with Gasteiger partial charge in [-0.25, -0.2) is 4.57 Å². The molecule has 0 aliphatic rings. The van der Waals surface area contributed by atoms with Crippen LogP contribution in [0.2, 0.25) is 0 Å². The van der Waals surface area contributed by atoms with Gasteiger partial charge in [-0.15, -0.1) is 0 Å². The average Bonchev–Trinajstić information content (AvgIpc) is 2.72. The van der Waals surface area contributed by atoms with E-state index < -0.39 is 7.82 Å². The molecular formula is C19H33O8P. The van der Waals surface area contributed by atoms with E-state index in [0.29, 0.717) is 38.8 Å². The lowest BCUT2D eigenvalue weighted by molar-refractivity contribution is -0.134. The van der Waals surface area contributed by atoms with Crippen LogP contribution in [0.3, 0.4) is 0 Å². The summed E-state index contributed by atoms with van der Waals surface area (Å²) in [7, 11) is -3.85. The Balaban J connectivity index is 2.25. The standard InChI is InChI=1S/C19H33O8P/c1-3-5-9-12-24-28(20,27-26-19-10-7-6-8-11-19)25-18-17-23-16-15-22-14-13-21-4-2/h6-8,10-11H,3-5,9,12-18H2,1-2H3. The molecule has 1 rings (SSSR count). The van der Waals surface area contributed by atoms with E-state index in [2.05, 4.69) is 6.92 Å². The van der Waals surface area contributed by atoms with Gasteiger partial charge in [0.15, 0.2) is 5.75 Å². The van der Waals surface area contributed by atoms with Crippen LogP contribution in [0, 0.1) is 0 Å². The van der Waals surface area contributed by atoms with Crippen molar-refractivity contribution in [1.82, 2.24) is 0 Å².